The van der Waals surface area contributed by atoms with E-state index in [1.807, 2.05) is 26.0 Å². The van der Waals surface area contributed by atoms with E-state index in [0.29, 0.717) is 19.8 Å². The Labute approximate surface area is 104 Å². The van der Waals surface area contributed by atoms with Crippen molar-refractivity contribution in [3.8, 4) is 5.75 Å². The molecule has 0 N–H and O–H groups in total. The molecule has 0 aliphatic heterocycles. The van der Waals surface area contributed by atoms with E-state index in [0.717, 1.165) is 5.75 Å². The van der Waals surface area contributed by atoms with Gasteiger partial charge < -0.3 is 14.2 Å². The predicted molar refractivity (Wildman–Crippen MR) is 68.5 cm³/mol. The van der Waals surface area contributed by atoms with E-state index in [1.54, 1.807) is 0 Å². The Kier molecular flexibility index (Phi) is 6.01. The molecule has 0 atom stereocenters. The summed E-state index contributed by atoms with van der Waals surface area (Å²) in [5.74, 6) is 0.898. The average molecular weight is 238 g/mol. The molecule has 0 bridgehead atoms. The SMILES string of the molecule is CCOC(COc1cccc(C)c1C)OCC. The van der Waals surface area contributed by atoms with Crippen LogP contribution in [0.15, 0.2) is 18.2 Å². The van der Waals surface area contributed by atoms with Crippen molar-refractivity contribution in [2.45, 2.75) is 34.0 Å². The van der Waals surface area contributed by atoms with Crippen LogP contribution in [0.5, 0.6) is 5.75 Å². The molecule has 0 aliphatic rings. The average Bonchev–Trinajstić information content (AvgIpc) is 2.31. The minimum atomic E-state index is -0.287. The number of hydrogen-bond donors (Lipinski definition) is 0. The summed E-state index contributed by atoms with van der Waals surface area (Å²) >= 11 is 0. The van der Waals surface area contributed by atoms with Gasteiger partial charge in [-0.1, -0.05) is 12.1 Å². The fraction of sp³-hybridized carbons (Fsp3) is 0.571. The maximum absolute atomic E-state index is 5.73. The largest absolute Gasteiger partial charge is 0.488 e. The Hall–Kier alpha value is -1.06. The van der Waals surface area contributed by atoms with Crippen molar-refractivity contribution < 1.29 is 14.2 Å². The molecule has 0 aromatic heterocycles. The number of ether oxygens (including phenoxy) is 3. The summed E-state index contributed by atoms with van der Waals surface area (Å²) in [5, 5.41) is 0. The van der Waals surface area contributed by atoms with Crippen LogP contribution in [-0.2, 0) is 9.47 Å². The number of rotatable bonds is 7. The molecule has 96 valence electrons. The van der Waals surface area contributed by atoms with Crippen molar-refractivity contribution in [2.75, 3.05) is 19.8 Å². The lowest BCUT2D eigenvalue weighted by Crippen LogP contribution is -2.25. The third kappa shape index (κ3) is 4.36. The highest BCUT2D eigenvalue weighted by atomic mass is 16.7. The van der Waals surface area contributed by atoms with Crippen LogP contribution in [0, 0.1) is 13.8 Å². The Bertz CT molecular complexity index is 330. The van der Waals surface area contributed by atoms with Gasteiger partial charge in [0.05, 0.1) is 0 Å². The Morgan fingerprint density at radius 1 is 1.06 bits per heavy atom. The van der Waals surface area contributed by atoms with Gasteiger partial charge in [-0.15, -0.1) is 0 Å². The molecule has 3 nitrogen and oxygen atoms in total. The standard InChI is InChI=1S/C14H22O3/c1-5-15-14(16-6-2)10-17-13-9-7-8-11(3)12(13)4/h7-9,14H,5-6,10H2,1-4H3. The first-order valence-corrected chi connectivity index (χ1v) is 6.11. The zero-order valence-electron chi connectivity index (χ0n) is 11.2. The fourth-order valence-electron chi connectivity index (χ4n) is 1.55. The molecule has 1 aromatic rings. The molecule has 0 heterocycles. The minimum absolute atomic E-state index is 0.287. The van der Waals surface area contributed by atoms with Gasteiger partial charge in [0, 0.05) is 13.2 Å². The van der Waals surface area contributed by atoms with Crippen LogP contribution in [0.1, 0.15) is 25.0 Å². The van der Waals surface area contributed by atoms with Gasteiger partial charge in [0.1, 0.15) is 12.4 Å². The number of benzene rings is 1. The summed E-state index contributed by atoms with van der Waals surface area (Å²) in [7, 11) is 0. The maximum Gasteiger partial charge on any atom is 0.191 e. The van der Waals surface area contributed by atoms with Crippen molar-refractivity contribution in [2.24, 2.45) is 0 Å². The Morgan fingerprint density at radius 2 is 1.71 bits per heavy atom. The van der Waals surface area contributed by atoms with Crippen molar-refractivity contribution >= 4 is 0 Å². The smallest absolute Gasteiger partial charge is 0.191 e. The lowest BCUT2D eigenvalue weighted by atomic mass is 10.1. The highest BCUT2D eigenvalue weighted by Gasteiger charge is 2.10. The molecule has 0 aliphatic carbocycles. The summed E-state index contributed by atoms with van der Waals surface area (Å²) in [6.45, 7) is 9.70. The molecule has 0 spiro atoms. The van der Waals surface area contributed by atoms with Crippen LogP contribution in [-0.4, -0.2) is 26.1 Å². The third-order valence-corrected chi connectivity index (χ3v) is 2.63. The van der Waals surface area contributed by atoms with Gasteiger partial charge in [0.2, 0.25) is 0 Å². The summed E-state index contributed by atoms with van der Waals surface area (Å²) in [5.41, 5.74) is 2.39. The highest BCUT2D eigenvalue weighted by molar-refractivity contribution is 5.38. The second-order valence-corrected chi connectivity index (χ2v) is 3.85. The Balaban J connectivity index is 2.55. The van der Waals surface area contributed by atoms with E-state index in [4.69, 9.17) is 14.2 Å². The van der Waals surface area contributed by atoms with E-state index in [1.165, 1.54) is 11.1 Å². The van der Waals surface area contributed by atoms with Gasteiger partial charge >= 0.3 is 0 Å². The van der Waals surface area contributed by atoms with Gasteiger partial charge in [0.15, 0.2) is 6.29 Å². The topological polar surface area (TPSA) is 27.7 Å². The zero-order chi connectivity index (χ0) is 12.7. The van der Waals surface area contributed by atoms with Crippen molar-refractivity contribution in [3.63, 3.8) is 0 Å². The van der Waals surface area contributed by atoms with E-state index in [2.05, 4.69) is 19.9 Å². The van der Waals surface area contributed by atoms with Gasteiger partial charge in [-0.25, -0.2) is 0 Å². The predicted octanol–water partition coefficient (Wildman–Crippen LogP) is 3.08. The minimum Gasteiger partial charge on any atom is -0.488 e. The zero-order valence-corrected chi connectivity index (χ0v) is 11.2. The molecule has 0 unspecified atom stereocenters. The van der Waals surface area contributed by atoms with Gasteiger partial charge in [-0.3, -0.25) is 0 Å². The van der Waals surface area contributed by atoms with Gasteiger partial charge in [0.25, 0.3) is 0 Å². The molecule has 17 heavy (non-hydrogen) atoms. The first kappa shape index (κ1) is 14.0. The lowest BCUT2D eigenvalue weighted by molar-refractivity contribution is -0.152. The molecule has 0 fully saturated rings. The first-order valence-electron chi connectivity index (χ1n) is 6.11. The first-order chi connectivity index (χ1) is 8.19. The van der Waals surface area contributed by atoms with E-state index in [9.17, 15) is 0 Å². The molecule has 0 amide bonds. The summed E-state index contributed by atoms with van der Waals surface area (Å²) in [4.78, 5) is 0. The monoisotopic (exact) mass is 238 g/mol. The van der Waals surface area contributed by atoms with E-state index < -0.39 is 0 Å². The molecule has 0 saturated carbocycles. The normalized spacial score (nSPS) is 10.9. The highest BCUT2D eigenvalue weighted by Crippen LogP contribution is 2.20. The number of hydrogen-bond acceptors (Lipinski definition) is 3. The van der Waals surface area contributed by atoms with E-state index >= 15 is 0 Å². The molecular weight excluding hydrogens is 216 g/mol. The van der Waals surface area contributed by atoms with Crippen LogP contribution in [0.4, 0.5) is 0 Å². The van der Waals surface area contributed by atoms with Crippen molar-refractivity contribution in [3.05, 3.63) is 29.3 Å². The summed E-state index contributed by atoms with van der Waals surface area (Å²) in [6, 6.07) is 6.04. The van der Waals surface area contributed by atoms with E-state index in [-0.39, 0.29) is 6.29 Å². The molecular formula is C14H22O3. The Morgan fingerprint density at radius 3 is 2.29 bits per heavy atom. The van der Waals surface area contributed by atoms with Crippen molar-refractivity contribution in [1.29, 1.82) is 0 Å². The van der Waals surface area contributed by atoms with Crippen LogP contribution in [0.3, 0.4) is 0 Å². The third-order valence-electron chi connectivity index (χ3n) is 2.63. The maximum atomic E-state index is 5.73. The van der Waals surface area contributed by atoms with Crippen LogP contribution >= 0.6 is 0 Å². The number of aryl methyl sites for hydroxylation is 1. The van der Waals surface area contributed by atoms with Gasteiger partial charge in [-0.2, -0.15) is 0 Å². The second-order valence-electron chi connectivity index (χ2n) is 3.85. The fourth-order valence-corrected chi connectivity index (χ4v) is 1.55. The van der Waals surface area contributed by atoms with Crippen LogP contribution in [0.2, 0.25) is 0 Å². The second kappa shape index (κ2) is 7.30. The lowest BCUT2D eigenvalue weighted by Gasteiger charge is -2.18. The molecule has 1 rings (SSSR count). The van der Waals surface area contributed by atoms with Crippen LogP contribution < -0.4 is 4.74 Å². The summed E-state index contributed by atoms with van der Waals surface area (Å²) in [6.07, 6.45) is -0.287. The van der Waals surface area contributed by atoms with Crippen molar-refractivity contribution in [1.82, 2.24) is 0 Å². The molecule has 0 saturated heterocycles. The molecule has 3 heteroatoms. The molecule has 1 aromatic carbocycles. The van der Waals surface area contributed by atoms with Gasteiger partial charge in [-0.05, 0) is 44.9 Å². The molecule has 0 radical (unpaired) electrons. The van der Waals surface area contributed by atoms with Crippen LogP contribution in [0.25, 0.3) is 0 Å². The quantitative estimate of drug-likeness (QED) is 0.683. The summed E-state index contributed by atoms with van der Waals surface area (Å²) < 4.78 is 16.6.